The highest BCUT2D eigenvalue weighted by Crippen LogP contribution is 2.47. The van der Waals surface area contributed by atoms with Gasteiger partial charge in [0.15, 0.2) is 0 Å². The van der Waals surface area contributed by atoms with Gasteiger partial charge < -0.3 is 23.8 Å². The Hall–Kier alpha value is -4.21. The van der Waals surface area contributed by atoms with Crippen molar-refractivity contribution in [1.82, 2.24) is 14.5 Å². The first-order chi connectivity index (χ1) is 18.6. The van der Waals surface area contributed by atoms with Gasteiger partial charge in [-0.25, -0.2) is 14.8 Å². The maximum atomic E-state index is 13.9. The molecule has 3 aliphatic heterocycles. The third-order valence-electron chi connectivity index (χ3n) is 7.63. The van der Waals surface area contributed by atoms with Crippen molar-refractivity contribution in [2.45, 2.75) is 52.9 Å². The first-order valence-electron chi connectivity index (χ1n) is 13.2. The number of benzene rings is 1. The first kappa shape index (κ1) is 25.1. The second kappa shape index (κ2) is 8.65. The zero-order valence-electron chi connectivity index (χ0n) is 23.0. The lowest BCUT2D eigenvalue weighted by Crippen LogP contribution is -2.47. The number of esters is 2. The summed E-state index contributed by atoms with van der Waals surface area (Å²) in [5.74, 6) is -0.131. The van der Waals surface area contributed by atoms with Crippen LogP contribution in [-0.4, -0.2) is 53.0 Å². The molecule has 0 fully saturated rings. The predicted octanol–water partition coefficient (Wildman–Crippen LogP) is 3.68. The van der Waals surface area contributed by atoms with Gasteiger partial charge in [-0.15, -0.1) is 0 Å². The number of fused-ring (bicyclic) bond motifs is 5. The number of aliphatic imine (C=N–C) groups is 1. The zero-order chi connectivity index (χ0) is 27.8. The van der Waals surface area contributed by atoms with Crippen LogP contribution in [0.1, 0.15) is 50.8 Å². The molecule has 5 heterocycles. The van der Waals surface area contributed by atoms with E-state index in [1.165, 1.54) is 6.92 Å². The number of ether oxygens (including phenoxy) is 2. The molecule has 1 atom stereocenters. The zero-order valence-corrected chi connectivity index (χ0v) is 23.0. The van der Waals surface area contributed by atoms with Crippen molar-refractivity contribution in [1.29, 1.82) is 0 Å². The minimum atomic E-state index is -1.68. The summed E-state index contributed by atoms with van der Waals surface area (Å²) >= 11 is 0. The summed E-state index contributed by atoms with van der Waals surface area (Å²) in [5, 5.41) is 0.953. The molecule has 3 aromatic rings. The molecule has 0 radical (unpaired) electrons. The molecule has 0 saturated carbocycles. The Bertz CT molecular complexity index is 1670. The van der Waals surface area contributed by atoms with Crippen molar-refractivity contribution in [3.8, 4) is 11.4 Å². The van der Waals surface area contributed by atoms with E-state index >= 15 is 0 Å². The Morgan fingerprint density at radius 1 is 1.23 bits per heavy atom. The van der Waals surface area contributed by atoms with Crippen molar-refractivity contribution in [3.05, 3.63) is 51.3 Å². The van der Waals surface area contributed by atoms with Gasteiger partial charge in [-0.05, 0) is 30.5 Å². The van der Waals surface area contributed by atoms with Gasteiger partial charge in [0, 0.05) is 38.7 Å². The van der Waals surface area contributed by atoms with Crippen molar-refractivity contribution >= 4 is 40.2 Å². The molecule has 0 amide bonds. The fourth-order valence-corrected chi connectivity index (χ4v) is 6.03. The molecule has 0 aliphatic carbocycles. The van der Waals surface area contributed by atoms with E-state index in [4.69, 9.17) is 19.5 Å². The highest BCUT2D eigenvalue weighted by Gasteiger charge is 2.50. The van der Waals surface area contributed by atoms with E-state index in [0.717, 1.165) is 40.3 Å². The number of carbonyl (C=O) groups is 2. The molecule has 39 heavy (non-hydrogen) atoms. The van der Waals surface area contributed by atoms with Crippen LogP contribution in [0.3, 0.4) is 0 Å². The highest BCUT2D eigenvalue weighted by molar-refractivity contribution is 6.15. The van der Waals surface area contributed by atoms with E-state index in [1.54, 1.807) is 17.6 Å². The Kier molecular flexibility index (Phi) is 5.57. The molecule has 0 saturated heterocycles. The molecule has 0 bridgehead atoms. The second-order valence-corrected chi connectivity index (χ2v) is 10.9. The van der Waals surface area contributed by atoms with Crippen molar-refractivity contribution in [2.24, 2.45) is 10.9 Å². The van der Waals surface area contributed by atoms with Crippen LogP contribution in [0.5, 0.6) is 0 Å². The number of carbonyl (C=O) groups excluding carboxylic acids is 2. The summed E-state index contributed by atoms with van der Waals surface area (Å²) in [4.78, 5) is 53.3. The fourth-order valence-electron chi connectivity index (χ4n) is 6.03. The number of guanidine groups is 1. The van der Waals surface area contributed by atoms with E-state index in [1.807, 2.05) is 37.2 Å². The van der Waals surface area contributed by atoms with Crippen LogP contribution in [0.25, 0.3) is 22.3 Å². The third kappa shape index (κ3) is 3.50. The monoisotopic (exact) mass is 529 g/mol. The van der Waals surface area contributed by atoms with Gasteiger partial charge >= 0.3 is 11.9 Å². The van der Waals surface area contributed by atoms with E-state index in [9.17, 15) is 14.4 Å². The average molecular weight is 530 g/mol. The molecule has 202 valence electrons. The lowest BCUT2D eigenvalue weighted by Gasteiger charge is -2.36. The number of hydrogen-bond acceptors (Lipinski definition) is 9. The highest BCUT2D eigenvalue weighted by atomic mass is 16.6. The Balaban J connectivity index is 1.65. The summed E-state index contributed by atoms with van der Waals surface area (Å²) in [7, 11) is 3.95. The molecular formula is C29H31N5O5. The Labute approximate surface area is 225 Å². The van der Waals surface area contributed by atoms with Crippen LogP contribution in [0.2, 0.25) is 0 Å². The topological polar surface area (TPSA) is 106 Å². The number of hydrogen-bond donors (Lipinski definition) is 0. The van der Waals surface area contributed by atoms with Gasteiger partial charge in [-0.2, -0.15) is 0 Å². The Morgan fingerprint density at radius 3 is 2.67 bits per heavy atom. The van der Waals surface area contributed by atoms with Crippen molar-refractivity contribution < 1.29 is 19.1 Å². The van der Waals surface area contributed by atoms with E-state index in [2.05, 4.69) is 18.7 Å². The maximum absolute atomic E-state index is 13.9. The summed E-state index contributed by atoms with van der Waals surface area (Å²) in [5.41, 5.74) is 3.54. The fraction of sp³-hybridized carbons (Fsp3) is 0.414. The van der Waals surface area contributed by atoms with Crippen molar-refractivity contribution in [2.75, 3.05) is 25.5 Å². The van der Waals surface area contributed by atoms with Gasteiger partial charge in [0.2, 0.25) is 11.6 Å². The average Bonchev–Trinajstić information content (AvgIpc) is 3.25. The number of rotatable bonds is 4. The first-order valence-corrected chi connectivity index (χ1v) is 13.2. The number of anilines is 1. The minimum Gasteiger partial charge on any atom is -0.457 e. The normalized spacial score (nSPS) is 18.9. The molecule has 0 spiro atoms. The molecular weight excluding hydrogens is 498 g/mol. The van der Waals surface area contributed by atoms with Crippen LogP contribution in [0, 0.1) is 5.92 Å². The molecule has 1 aromatic carbocycles. The minimum absolute atomic E-state index is 0.138. The van der Waals surface area contributed by atoms with Gasteiger partial charge in [0.25, 0.3) is 5.56 Å². The third-order valence-corrected chi connectivity index (χ3v) is 7.63. The lowest BCUT2D eigenvalue weighted by molar-refractivity contribution is -0.188. The molecule has 6 rings (SSSR count). The van der Waals surface area contributed by atoms with Crippen LogP contribution >= 0.6 is 0 Å². The Morgan fingerprint density at radius 2 is 2.00 bits per heavy atom. The SMILES string of the molecule is CC[C@@]1(OC(C)=O)C(=O)OCc2c1cc1n(c2=O)Cc2c-1nc1cccc3c1c2N(CC(C)C)C(N(C)C)=N3. The largest absolute Gasteiger partial charge is 0.457 e. The molecule has 10 heteroatoms. The quantitative estimate of drug-likeness (QED) is 0.369. The van der Waals surface area contributed by atoms with Gasteiger partial charge in [-0.3, -0.25) is 9.59 Å². The second-order valence-electron chi connectivity index (χ2n) is 10.9. The van der Waals surface area contributed by atoms with Gasteiger partial charge in [-0.1, -0.05) is 26.8 Å². The maximum Gasteiger partial charge on any atom is 0.355 e. The number of cyclic esters (lactones) is 1. The smallest absolute Gasteiger partial charge is 0.355 e. The van der Waals surface area contributed by atoms with E-state index in [0.29, 0.717) is 35.0 Å². The van der Waals surface area contributed by atoms with Crippen LogP contribution in [0.15, 0.2) is 34.1 Å². The van der Waals surface area contributed by atoms with Crippen LogP contribution in [0.4, 0.5) is 11.4 Å². The summed E-state index contributed by atoms with van der Waals surface area (Å²) in [6.07, 6.45) is 0.138. The molecule has 0 N–H and O–H groups in total. The summed E-state index contributed by atoms with van der Waals surface area (Å²) < 4.78 is 12.7. The van der Waals surface area contributed by atoms with Crippen LogP contribution in [-0.2, 0) is 37.8 Å². The van der Waals surface area contributed by atoms with E-state index in [-0.39, 0.29) is 18.6 Å². The molecule has 10 nitrogen and oxygen atoms in total. The standard InChI is InChI=1S/C29H31N5O5/c1-7-29(39-16(4)35)19-11-22-24-17(13-33(22)26(36)18(19)14-38-27(29)37)25-23-20(30-24)9-8-10-21(23)31-28(32(5)6)34(25)12-15(2)3/h8-11,15H,7,12-14H2,1-6H3/t29-/m0/s1. The van der Waals surface area contributed by atoms with Gasteiger partial charge in [0.1, 0.15) is 6.61 Å². The molecule has 3 aliphatic rings. The summed E-state index contributed by atoms with van der Waals surface area (Å²) in [6.45, 7) is 8.19. The van der Waals surface area contributed by atoms with Crippen molar-refractivity contribution in [3.63, 3.8) is 0 Å². The number of nitrogens with zero attached hydrogens (tertiary/aromatic N) is 5. The number of pyridine rings is 2. The lowest BCUT2D eigenvalue weighted by atomic mass is 9.85. The summed E-state index contributed by atoms with van der Waals surface area (Å²) in [6, 6.07) is 7.67. The van der Waals surface area contributed by atoms with Gasteiger partial charge in [0.05, 0.1) is 45.8 Å². The molecule has 0 unspecified atom stereocenters. The van der Waals surface area contributed by atoms with Crippen LogP contribution < -0.4 is 10.5 Å². The number of aromatic nitrogens is 2. The predicted molar refractivity (Wildman–Crippen MR) is 147 cm³/mol. The molecule has 2 aromatic heterocycles. The van der Waals surface area contributed by atoms with E-state index < -0.39 is 17.5 Å².